The molecule has 0 spiro atoms. The highest BCUT2D eigenvalue weighted by atomic mass is 15.0. The average molecular weight is 719 g/mol. The topological polar surface area (TPSA) is 51.6 Å². The summed E-state index contributed by atoms with van der Waals surface area (Å²) in [5.41, 5.74) is 15.5. The maximum Gasteiger partial charge on any atom is 0.163 e. The minimum Gasteiger partial charge on any atom is -0.261 e. The first-order chi connectivity index (χ1) is 27.5. The van der Waals surface area contributed by atoms with Gasteiger partial charge in [-0.1, -0.05) is 158 Å². The zero-order chi connectivity index (χ0) is 37.8. The molecule has 7 aromatic carbocycles. The molecule has 0 saturated heterocycles. The van der Waals surface area contributed by atoms with Crippen LogP contribution in [0.25, 0.3) is 66.9 Å². The van der Waals surface area contributed by atoms with Gasteiger partial charge in [-0.25, -0.2) is 15.0 Å². The minimum absolute atomic E-state index is 0.543. The van der Waals surface area contributed by atoms with Gasteiger partial charge in [0.25, 0.3) is 0 Å². The molecule has 0 N–H and O–H groups in total. The van der Waals surface area contributed by atoms with E-state index >= 15 is 0 Å². The van der Waals surface area contributed by atoms with Gasteiger partial charge in [0.05, 0.1) is 5.41 Å². The van der Waals surface area contributed by atoms with Crippen LogP contribution in [0, 0.1) is 20.8 Å². The molecule has 0 atom stereocenters. The standard InChI is InChI=1S/C52H38N4/c1-33-30-45(34(2)53-32-33)44-22-13-23-48-49(44)46-31-39(28-29-47(46)52(48,40-16-6-4-7-17-40)41-18-8-5-9-19-41)51-55-35(3)54-50(56-51)38-26-24-37(25-27-38)43-21-12-15-36-14-10-11-20-42(36)43/h4-32H,1-3H3. The zero-order valence-corrected chi connectivity index (χ0v) is 31.5. The number of fused-ring (bicyclic) bond motifs is 4. The summed E-state index contributed by atoms with van der Waals surface area (Å²) >= 11 is 0. The molecule has 0 fully saturated rings. The molecule has 266 valence electrons. The third kappa shape index (κ3) is 5.37. The number of hydrogen-bond donors (Lipinski definition) is 0. The highest BCUT2D eigenvalue weighted by molar-refractivity contribution is 5.98. The molecule has 1 aliphatic carbocycles. The fraction of sp³-hybridized carbons (Fsp3) is 0.0769. The molecule has 0 aliphatic heterocycles. The van der Waals surface area contributed by atoms with E-state index in [4.69, 9.17) is 19.9 Å². The zero-order valence-electron chi connectivity index (χ0n) is 31.5. The molecule has 4 nitrogen and oxygen atoms in total. The van der Waals surface area contributed by atoms with E-state index in [2.05, 4.69) is 184 Å². The number of rotatable bonds is 6. The van der Waals surface area contributed by atoms with Crippen LogP contribution >= 0.6 is 0 Å². The van der Waals surface area contributed by atoms with Crippen molar-refractivity contribution >= 4 is 10.8 Å². The Bertz CT molecular complexity index is 2890. The van der Waals surface area contributed by atoms with Crippen molar-refractivity contribution < 1.29 is 0 Å². The molecule has 1 aliphatic rings. The predicted octanol–water partition coefficient (Wildman–Crippen LogP) is 12.4. The molecule has 9 aromatic rings. The first-order valence-electron chi connectivity index (χ1n) is 19.1. The molecule has 0 radical (unpaired) electrons. The highest BCUT2D eigenvalue weighted by Gasteiger charge is 2.47. The molecular weight excluding hydrogens is 681 g/mol. The molecule has 10 rings (SSSR count). The molecule has 0 saturated carbocycles. The second-order valence-electron chi connectivity index (χ2n) is 14.8. The number of hydrogen-bond acceptors (Lipinski definition) is 4. The van der Waals surface area contributed by atoms with Crippen LogP contribution in [-0.4, -0.2) is 19.9 Å². The molecule has 2 aromatic heterocycles. The van der Waals surface area contributed by atoms with Crippen molar-refractivity contribution in [1.82, 2.24) is 19.9 Å². The van der Waals surface area contributed by atoms with Gasteiger partial charge in [0.1, 0.15) is 5.82 Å². The van der Waals surface area contributed by atoms with Gasteiger partial charge in [-0.2, -0.15) is 0 Å². The molecule has 0 amide bonds. The lowest BCUT2D eigenvalue weighted by molar-refractivity contribution is 0.768. The van der Waals surface area contributed by atoms with Crippen molar-refractivity contribution in [3.8, 4) is 56.2 Å². The van der Waals surface area contributed by atoms with E-state index < -0.39 is 5.41 Å². The van der Waals surface area contributed by atoms with Gasteiger partial charge in [-0.3, -0.25) is 4.98 Å². The van der Waals surface area contributed by atoms with Gasteiger partial charge in [0, 0.05) is 28.6 Å². The van der Waals surface area contributed by atoms with Crippen LogP contribution in [0.5, 0.6) is 0 Å². The molecule has 0 unspecified atom stereocenters. The fourth-order valence-corrected chi connectivity index (χ4v) is 8.83. The van der Waals surface area contributed by atoms with E-state index in [1.54, 1.807) is 0 Å². The van der Waals surface area contributed by atoms with E-state index in [1.165, 1.54) is 55.3 Å². The molecule has 56 heavy (non-hydrogen) atoms. The molecule has 2 heterocycles. The summed E-state index contributed by atoms with van der Waals surface area (Å²) in [7, 11) is 0. The molecular formula is C52H38N4. The Kier molecular flexibility index (Phi) is 8.00. The Morgan fingerprint density at radius 3 is 1.79 bits per heavy atom. The van der Waals surface area contributed by atoms with Crippen LogP contribution in [0.4, 0.5) is 0 Å². The van der Waals surface area contributed by atoms with Gasteiger partial charge in [-0.05, 0) is 99.3 Å². The second-order valence-corrected chi connectivity index (χ2v) is 14.8. The molecule has 4 heteroatoms. The lowest BCUT2D eigenvalue weighted by Crippen LogP contribution is -2.28. The van der Waals surface area contributed by atoms with Crippen molar-refractivity contribution in [1.29, 1.82) is 0 Å². The summed E-state index contributed by atoms with van der Waals surface area (Å²) in [6, 6.07) is 61.2. The van der Waals surface area contributed by atoms with Crippen LogP contribution in [-0.2, 0) is 5.41 Å². The number of aromatic nitrogens is 4. The smallest absolute Gasteiger partial charge is 0.163 e. The lowest BCUT2D eigenvalue weighted by atomic mass is 9.67. The van der Waals surface area contributed by atoms with Crippen molar-refractivity contribution in [2.75, 3.05) is 0 Å². The normalized spacial score (nSPS) is 12.7. The average Bonchev–Trinajstić information content (AvgIpc) is 3.55. The van der Waals surface area contributed by atoms with Gasteiger partial charge in [0.15, 0.2) is 11.6 Å². The van der Waals surface area contributed by atoms with Crippen molar-refractivity contribution in [2.24, 2.45) is 0 Å². The third-order valence-corrected chi connectivity index (χ3v) is 11.3. The van der Waals surface area contributed by atoms with Gasteiger partial charge in [0.2, 0.25) is 0 Å². The Hall–Kier alpha value is -7.04. The highest BCUT2D eigenvalue weighted by Crippen LogP contribution is 2.59. The Balaban J connectivity index is 1.16. The van der Waals surface area contributed by atoms with E-state index in [1.807, 2.05) is 13.1 Å². The second kappa shape index (κ2) is 13.4. The summed E-state index contributed by atoms with van der Waals surface area (Å²) in [6.45, 7) is 6.16. The monoisotopic (exact) mass is 718 g/mol. The Labute approximate surface area is 327 Å². The number of aryl methyl sites for hydroxylation is 3. The fourth-order valence-electron chi connectivity index (χ4n) is 8.83. The summed E-state index contributed by atoms with van der Waals surface area (Å²) in [5.74, 6) is 1.98. The van der Waals surface area contributed by atoms with Crippen LogP contribution in [0.3, 0.4) is 0 Å². The predicted molar refractivity (Wildman–Crippen MR) is 228 cm³/mol. The molecule has 0 bridgehead atoms. The summed E-state index contributed by atoms with van der Waals surface area (Å²) in [4.78, 5) is 19.7. The number of nitrogens with zero attached hydrogens (tertiary/aromatic N) is 4. The van der Waals surface area contributed by atoms with Crippen LogP contribution in [0.15, 0.2) is 176 Å². The van der Waals surface area contributed by atoms with Crippen molar-refractivity contribution in [3.05, 3.63) is 215 Å². The SMILES string of the molecule is Cc1cnc(C)c(-c2cccc3c2-c2cc(-c4nc(C)nc(-c5ccc(-c6cccc7ccccc67)cc5)n4)ccc2C3(c2ccccc2)c2ccccc2)c1. The van der Waals surface area contributed by atoms with Crippen molar-refractivity contribution in [3.63, 3.8) is 0 Å². The number of pyridine rings is 1. The quantitative estimate of drug-likeness (QED) is 0.172. The van der Waals surface area contributed by atoms with Gasteiger partial charge < -0.3 is 0 Å². The van der Waals surface area contributed by atoms with E-state index in [9.17, 15) is 0 Å². The first-order valence-corrected chi connectivity index (χ1v) is 19.1. The largest absolute Gasteiger partial charge is 0.261 e. The van der Waals surface area contributed by atoms with Gasteiger partial charge in [-0.15, -0.1) is 0 Å². The minimum atomic E-state index is -0.543. The van der Waals surface area contributed by atoms with E-state index in [0.717, 1.165) is 33.5 Å². The van der Waals surface area contributed by atoms with Crippen LogP contribution in [0.2, 0.25) is 0 Å². The summed E-state index contributed by atoms with van der Waals surface area (Å²) in [5, 5.41) is 2.46. The van der Waals surface area contributed by atoms with E-state index in [-0.39, 0.29) is 0 Å². The summed E-state index contributed by atoms with van der Waals surface area (Å²) in [6.07, 6.45) is 1.95. The van der Waals surface area contributed by atoms with Crippen molar-refractivity contribution in [2.45, 2.75) is 26.2 Å². The van der Waals surface area contributed by atoms with E-state index in [0.29, 0.717) is 17.5 Å². The maximum atomic E-state index is 5.13. The van der Waals surface area contributed by atoms with Crippen LogP contribution < -0.4 is 0 Å². The van der Waals surface area contributed by atoms with Gasteiger partial charge >= 0.3 is 0 Å². The Morgan fingerprint density at radius 1 is 0.429 bits per heavy atom. The van der Waals surface area contributed by atoms with Crippen LogP contribution in [0.1, 0.15) is 39.3 Å². The lowest BCUT2D eigenvalue weighted by Gasteiger charge is -2.34. The third-order valence-electron chi connectivity index (χ3n) is 11.3. The number of benzene rings is 7. The Morgan fingerprint density at radius 2 is 1.04 bits per heavy atom. The first kappa shape index (κ1) is 33.5. The summed E-state index contributed by atoms with van der Waals surface area (Å²) < 4.78 is 0. The maximum absolute atomic E-state index is 5.13.